The first kappa shape index (κ1) is 25.1. The fourth-order valence-electron chi connectivity index (χ4n) is 4.57. The molecule has 1 aromatic rings. The molecule has 1 rings (SSSR count). The van der Waals surface area contributed by atoms with Crippen LogP contribution in [0.5, 0.6) is 0 Å². The average molecular weight is 414 g/mol. The molecule has 158 valence electrons. The summed E-state index contributed by atoms with van der Waals surface area (Å²) in [5.41, 5.74) is 1.19. The van der Waals surface area contributed by atoms with E-state index in [0.717, 1.165) is 49.3 Å². The van der Waals surface area contributed by atoms with E-state index in [2.05, 4.69) is 85.7 Å². The molecule has 0 saturated heterocycles. The van der Waals surface area contributed by atoms with E-state index in [0.29, 0.717) is 0 Å². The Bertz CT molecular complexity index is 492. The molecule has 0 unspecified atom stereocenters. The Balaban J connectivity index is 3.51. The van der Waals surface area contributed by atoms with E-state index >= 15 is 0 Å². The van der Waals surface area contributed by atoms with E-state index < -0.39 is 13.7 Å². The van der Waals surface area contributed by atoms with E-state index in [4.69, 9.17) is 8.88 Å². The molecule has 0 amide bonds. The predicted molar refractivity (Wildman–Crippen MR) is 132 cm³/mol. The summed E-state index contributed by atoms with van der Waals surface area (Å²) in [4.78, 5) is 0. The van der Waals surface area contributed by atoms with E-state index in [1.165, 1.54) is 5.46 Å². The van der Waals surface area contributed by atoms with Gasteiger partial charge in [0, 0.05) is 0 Å². The topological polar surface area (TPSA) is 18.5 Å². The molecule has 0 aliphatic rings. The van der Waals surface area contributed by atoms with Crippen molar-refractivity contribution in [1.29, 1.82) is 0 Å². The Morgan fingerprint density at radius 1 is 0.556 bits per heavy atom. The third-order valence-electron chi connectivity index (χ3n) is 8.26. The number of hydrogen-bond donors (Lipinski definition) is 0. The minimum atomic E-state index is -2.26. The minimum absolute atomic E-state index is 0.235. The molecule has 5 heteroatoms. The van der Waals surface area contributed by atoms with Crippen LogP contribution in [0.15, 0.2) is 30.3 Å². The summed E-state index contributed by atoms with van der Waals surface area (Å²) in [7, 11) is -0.235. The fourth-order valence-corrected chi connectivity index (χ4v) is 12.6. The van der Waals surface area contributed by atoms with Crippen molar-refractivity contribution >= 4 is 26.2 Å². The standard InChI is InChI=1S/C22H45BO2P2/c1-9-26(10-2,11-3,12-4)24-23(22-20-18-17-19-21-22)25-27(13-5,14-6,15-7)16-8/h17-21H,9-16H2,1-8H3. The zero-order valence-electron chi connectivity index (χ0n) is 19.3. The molecule has 27 heavy (non-hydrogen) atoms. The van der Waals surface area contributed by atoms with Crippen LogP contribution in [0.2, 0.25) is 0 Å². The molecule has 0 radical (unpaired) electrons. The molecule has 0 heterocycles. The molecule has 0 saturated carbocycles. The Morgan fingerprint density at radius 2 is 0.852 bits per heavy atom. The van der Waals surface area contributed by atoms with Gasteiger partial charge in [0.15, 0.2) is 0 Å². The van der Waals surface area contributed by atoms with Gasteiger partial charge in [-0.25, -0.2) is 0 Å². The molecule has 0 aliphatic carbocycles. The molecular weight excluding hydrogens is 369 g/mol. The van der Waals surface area contributed by atoms with E-state index in [1.54, 1.807) is 0 Å². The van der Waals surface area contributed by atoms with Gasteiger partial charge in [0.2, 0.25) is 0 Å². The van der Waals surface area contributed by atoms with Gasteiger partial charge in [0.05, 0.1) is 0 Å². The third kappa shape index (κ3) is 4.80. The fraction of sp³-hybridized carbons (Fsp3) is 0.727. The van der Waals surface area contributed by atoms with Crippen LogP contribution in [-0.2, 0) is 8.88 Å². The second kappa shape index (κ2) is 9.71. The van der Waals surface area contributed by atoms with Gasteiger partial charge in [-0.2, -0.15) is 0 Å². The van der Waals surface area contributed by atoms with Crippen molar-refractivity contribution in [1.82, 2.24) is 0 Å². The maximum absolute atomic E-state index is 7.24. The van der Waals surface area contributed by atoms with Crippen molar-refractivity contribution in [2.75, 3.05) is 49.3 Å². The molecular formula is C22H45BO2P2. The molecule has 0 aromatic heterocycles. The van der Waals surface area contributed by atoms with Crippen molar-refractivity contribution in [3.63, 3.8) is 0 Å². The number of hydrogen-bond acceptors (Lipinski definition) is 2. The zero-order valence-corrected chi connectivity index (χ0v) is 21.1. The van der Waals surface area contributed by atoms with Crippen molar-refractivity contribution in [3.8, 4) is 0 Å². The molecule has 0 spiro atoms. The quantitative estimate of drug-likeness (QED) is 0.271. The van der Waals surface area contributed by atoms with Crippen molar-refractivity contribution < 1.29 is 8.88 Å². The Kier molecular flexibility index (Phi) is 9.03. The molecule has 1 aromatic carbocycles. The second-order valence-electron chi connectivity index (χ2n) is 8.20. The van der Waals surface area contributed by atoms with Gasteiger partial charge < -0.3 is 0 Å². The van der Waals surface area contributed by atoms with E-state index in [1.807, 2.05) is 0 Å². The predicted octanol–water partition coefficient (Wildman–Crippen LogP) is 6.51. The molecule has 0 atom stereocenters. The van der Waals surface area contributed by atoms with Gasteiger partial charge in [0.25, 0.3) is 0 Å². The normalized spacial score (nSPS) is 15.6. The molecule has 0 N–H and O–H groups in total. The maximum atomic E-state index is 7.24. The van der Waals surface area contributed by atoms with Crippen molar-refractivity contribution in [2.24, 2.45) is 0 Å². The summed E-state index contributed by atoms with van der Waals surface area (Å²) >= 11 is 0. The van der Waals surface area contributed by atoms with Crippen LogP contribution in [0.4, 0.5) is 0 Å². The second-order valence-corrected chi connectivity index (χ2v) is 21.1. The first-order valence-corrected chi connectivity index (χ1v) is 17.0. The molecule has 0 aliphatic heterocycles. The van der Waals surface area contributed by atoms with Crippen LogP contribution < -0.4 is 5.46 Å². The molecule has 0 bridgehead atoms. The summed E-state index contributed by atoms with van der Waals surface area (Å²) in [6, 6.07) is 10.7. The summed E-state index contributed by atoms with van der Waals surface area (Å²) < 4.78 is 14.5. The number of benzene rings is 1. The first-order valence-electron chi connectivity index (χ1n) is 11.2. The SMILES string of the molecule is CCP(CC)(CC)(CC)OB(OP(CC)(CC)(CC)CC)c1ccccc1. The van der Waals surface area contributed by atoms with Gasteiger partial charge in [-0.1, -0.05) is 0 Å². The van der Waals surface area contributed by atoms with Gasteiger partial charge in [-0.05, 0) is 0 Å². The van der Waals surface area contributed by atoms with Crippen LogP contribution in [0.1, 0.15) is 55.4 Å². The first-order chi connectivity index (χ1) is 12.8. The number of rotatable bonds is 13. The van der Waals surface area contributed by atoms with Crippen LogP contribution in [0.25, 0.3) is 0 Å². The summed E-state index contributed by atoms with van der Waals surface area (Å²) in [5.74, 6) is 0. The monoisotopic (exact) mass is 414 g/mol. The van der Waals surface area contributed by atoms with Crippen LogP contribution in [0, 0.1) is 0 Å². The summed E-state index contributed by atoms with van der Waals surface area (Å²) in [5, 5.41) is 0. The van der Waals surface area contributed by atoms with Gasteiger partial charge in [-0.15, -0.1) is 0 Å². The Labute approximate surface area is 170 Å². The zero-order chi connectivity index (χ0) is 20.7. The molecule has 2 nitrogen and oxygen atoms in total. The van der Waals surface area contributed by atoms with Crippen LogP contribution >= 0.6 is 13.7 Å². The van der Waals surface area contributed by atoms with Crippen LogP contribution in [0.3, 0.4) is 0 Å². The van der Waals surface area contributed by atoms with E-state index in [-0.39, 0.29) is 7.12 Å². The van der Waals surface area contributed by atoms with Gasteiger partial charge >= 0.3 is 170 Å². The summed E-state index contributed by atoms with van der Waals surface area (Å²) in [6.45, 7) is 14.1. The van der Waals surface area contributed by atoms with Gasteiger partial charge in [-0.3, -0.25) is 0 Å². The van der Waals surface area contributed by atoms with Crippen molar-refractivity contribution in [3.05, 3.63) is 30.3 Å². The Hall–Kier alpha value is 0.0649. The molecule has 0 fully saturated rings. The average Bonchev–Trinajstić information content (AvgIpc) is 2.77. The van der Waals surface area contributed by atoms with Gasteiger partial charge in [0.1, 0.15) is 0 Å². The van der Waals surface area contributed by atoms with E-state index in [9.17, 15) is 0 Å². The Morgan fingerprint density at radius 3 is 1.11 bits per heavy atom. The van der Waals surface area contributed by atoms with Crippen molar-refractivity contribution in [2.45, 2.75) is 55.4 Å². The summed E-state index contributed by atoms with van der Waals surface area (Å²) in [6.07, 6.45) is 9.07. The third-order valence-corrected chi connectivity index (χ3v) is 22.6. The van der Waals surface area contributed by atoms with Crippen LogP contribution in [-0.4, -0.2) is 56.4 Å².